The van der Waals surface area contributed by atoms with Gasteiger partial charge in [0.25, 0.3) is 11.2 Å². The number of hydrogen-bond donors (Lipinski definition) is 2. The van der Waals surface area contributed by atoms with Crippen LogP contribution in [0.1, 0.15) is 58.2 Å². The Kier molecular flexibility index (Phi) is 10.4. The fourth-order valence-electron chi connectivity index (χ4n) is 4.10. The number of ether oxygens (including phenoxy) is 2. The first-order valence-corrected chi connectivity index (χ1v) is 12.4. The summed E-state index contributed by atoms with van der Waals surface area (Å²) < 4.78 is 170. The highest BCUT2D eigenvalue weighted by atomic mass is 127. The Hall–Kier alpha value is -1.31. The van der Waals surface area contributed by atoms with Crippen molar-refractivity contribution < 1.29 is 72.4 Å². The second-order valence-electron chi connectivity index (χ2n) is 10.2. The summed E-state index contributed by atoms with van der Waals surface area (Å²) in [6.07, 6.45) is -30.5. The third kappa shape index (κ3) is 7.09. The van der Waals surface area contributed by atoms with E-state index in [9.17, 15) is 62.9 Å². The van der Waals surface area contributed by atoms with Crippen molar-refractivity contribution in [1.82, 2.24) is 0 Å². The zero-order chi connectivity index (χ0) is 33.0. The predicted molar refractivity (Wildman–Crippen MR) is 131 cm³/mol. The number of hydrogen-bond acceptors (Lipinski definition) is 4. The molecule has 0 saturated heterocycles. The van der Waals surface area contributed by atoms with Crippen molar-refractivity contribution in [2.45, 2.75) is 101 Å². The minimum absolute atomic E-state index is 0.0194. The molecule has 17 heteroatoms. The summed E-state index contributed by atoms with van der Waals surface area (Å²) in [5.41, 5.74) is -14.7. The molecule has 41 heavy (non-hydrogen) atoms. The normalized spacial score (nSPS) is 16.5. The molecule has 1 aromatic carbocycles. The highest BCUT2D eigenvalue weighted by molar-refractivity contribution is 14.1. The number of halogens is 13. The first-order chi connectivity index (χ1) is 17.8. The summed E-state index contributed by atoms with van der Waals surface area (Å²) in [6, 6.07) is 3.31. The molecule has 2 N–H and O–H groups in total. The lowest BCUT2D eigenvalue weighted by Gasteiger charge is -2.42. The molecule has 2 atom stereocenters. The van der Waals surface area contributed by atoms with E-state index in [4.69, 9.17) is 9.47 Å². The molecule has 0 aromatic heterocycles. The molecule has 0 fully saturated rings. The van der Waals surface area contributed by atoms with Gasteiger partial charge in [0.05, 0.1) is 11.2 Å². The van der Waals surface area contributed by atoms with Crippen LogP contribution in [0.15, 0.2) is 24.8 Å². The highest BCUT2D eigenvalue weighted by Crippen LogP contribution is 2.50. The van der Waals surface area contributed by atoms with Crippen molar-refractivity contribution in [1.29, 1.82) is 0 Å². The van der Waals surface area contributed by atoms with Crippen LogP contribution < -0.4 is 0 Å². The van der Waals surface area contributed by atoms with Gasteiger partial charge in [-0.2, -0.15) is 52.7 Å². The third-order valence-corrected chi connectivity index (χ3v) is 7.08. The average molecular weight is 734 g/mol. The van der Waals surface area contributed by atoms with E-state index in [1.807, 2.05) is 0 Å². The van der Waals surface area contributed by atoms with Crippen LogP contribution in [0, 0.1) is 0 Å². The van der Waals surface area contributed by atoms with Gasteiger partial charge in [-0.25, -0.2) is 0 Å². The molecule has 0 radical (unpaired) electrons. The van der Waals surface area contributed by atoms with Crippen LogP contribution in [0.4, 0.5) is 52.7 Å². The van der Waals surface area contributed by atoms with Gasteiger partial charge >= 0.3 is 24.7 Å². The highest BCUT2D eigenvalue weighted by Gasteiger charge is 2.75. The fourth-order valence-corrected chi connectivity index (χ4v) is 4.54. The maximum atomic E-state index is 13.3. The van der Waals surface area contributed by atoms with Crippen molar-refractivity contribution in [3.05, 3.63) is 41.5 Å². The standard InChI is InChI=1S/C24H27F12IO4/c1-11(37)15-10-14(17(4,5)40-12(2)19(38,21(25,26)27)22(28,29)30)8-9-16(15)18(6,7)41-13(3)20(39,23(31,32)33)24(34,35)36/h8-10,12-13,38-39H,1H2,2-7H3. The van der Waals surface area contributed by atoms with E-state index in [2.05, 4.69) is 6.58 Å². The van der Waals surface area contributed by atoms with Gasteiger partial charge in [0.15, 0.2) is 0 Å². The number of benzene rings is 1. The van der Waals surface area contributed by atoms with E-state index in [0.717, 1.165) is 45.9 Å². The SMILES string of the molecule is C=C(I)c1cc(C(C)(C)OC(C)C(O)(C(F)(F)F)C(F)(F)F)ccc1C(C)(C)OC(C)C(O)(C(F)(F)F)C(F)(F)F. The third-order valence-electron chi connectivity index (χ3n) is 6.50. The van der Waals surface area contributed by atoms with Gasteiger partial charge < -0.3 is 19.7 Å². The van der Waals surface area contributed by atoms with Gasteiger partial charge in [-0.15, -0.1) is 0 Å². The first kappa shape index (κ1) is 37.7. The molecular formula is C24H27F12IO4. The first-order valence-electron chi connectivity index (χ1n) is 11.4. The molecule has 1 rings (SSSR count). The Balaban J connectivity index is 3.59. The van der Waals surface area contributed by atoms with E-state index >= 15 is 0 Å². The Morgan fingerprint density at radius 1 is 0.683 bits per heavy atom. The quantitative estimate of drug-likeness (QED) is 0.199. The van der Waals surface area contributed by atoms with Gasteiger partial charge in [-0.3, -0.25) is 0 Å². The Labute approximate surface area is 240 Å². The zero-order valence-corrected chi connectivity index (χ0v) is 24.4. The van der Waals surface area contributed by atoms with Gasteiger partial charge in [-0.05, 0) is 86.9 Å². The molecule has 0 aliphatic carbocycles. The topological polar surface area (TPSA) is 58.9 Å². The lowest BCUT2D eigenvalue weighted by molar-refractivity contribution is -0.399. The smallest absolute Gasteiger partial charge is 0.372 e. The minimum atomic E-state index is -6.19. The van der Waals surface area contributed by atoms with Gasteiger partial charge in [0.1, 0.15) is 12.2 Å². The van der Waals surface area contributed by atoms with E-state index in [-0.39, 0.29) is 20.3 Å². The Morgan fingerprint density at radius 3 is 1.29 bits per heavy atom. The van der Waals surface area contributed by atoms with Gasteiger partial charge in [-0.1, -0.05) is 18.7 Å². The zero-order valence-electron chi connectivity index (χ0n) is 22.2. The van der Waals surface area contributed by atoms with Crippen LogP contribution in [0.25, 0.3) is 3.58 Å². The Morgan fingerprint density at radius 2 is 1.00 bits per heavy atom. The summed E-state index contributed by atoms with van der Waals surface area (Å²) in [4.78, 5) is 0. The summed E-state index contributed by atoms with van der Waals surface area (Å²) >= 11 is 1.62. The second-order valence-corrected chi connectivity index (χ2v) is 11.5. The van der Waals surface area contributed by atoms with E-state index in [1.165, 1.54) is 0 Å². The molecule has 0 heterocycles. The molecule has 0 aliphatic rings. The van der Waals surface area contributed by atoms with E-state index < -0.39 is 59.3 Å². The summed E-state index contributed by atoms with van der Waals surface area (Å²) in [7, 11) is 0. The molecular weight excluding hydrogens is 707 g/mol. The van der Waals surface area contributed by atoms with Crippen molar-refractivity contribution in [2.75, 3.05) is 0 Å². The number of aliphatic hydroxyl groups is 2. The molecule has 238 valence electrons. The second kappa shape index (κ2) is 11.3. The minimum Gasteiger partial charge on any atom is -0.372 e. The van der Waals surface area contributed by atoms with Crippen molar-refractivity contribution in [2.24, 2.45) is 0 Å². The van der Waals surface area contributed by atoms with Crippen LogP contribution >= 0.6 is 22.6 Å². The van der Waals surface area contributed by atoms with Crippen LogP contribution in [-0.4, -0.2) is 58.3 Å². The van der Waals surface area contributed by atoms with Crippen LogP contribution in [0.2, 0.25) is 0 Å². The molecule has 1 aromatic rings. The molecule has 0 aliphatic heterocycles. The molecule has 4 nitrogen and oxygen atoms in total. The van der Waals surface area contributed by atoms with Gasteiger partial charge in [0.2, 0.25) is 0 Å². The predicted octanol–water partition coefficient (Wildman–Crippen LogP) is 8.08. The monoisotopic (exact) mass is 734 g/mol. The molecule has 0 saturated carbocycles. The van der Waals surface area contributed by atoms with Crippen molar-refractivity contribution in [3.8, 4) is 0 Å². The number of alkyl halides is 12. The average Bonchev–Trinajstić information content (AvgIpc) is 2.73. The lowest BCUT2D eigenvalue weighted by Crippen LogP contribution is -2.64. The Bertz CT molecular complexity index is 1080. The maximum Gasteiger partial charge on any atom is 0.428 e. The van der Waals surface area contributed by atoms with Crippen molar-refractivity contribution in [3.63, 3.8) is 0 Å². The van der Waals surface area contributed by atoms with Crippen molar-refractivity contribution >= 4 is 26.2 Å². The lowest BCUT2D eigenvalue weighted by atomic mass is 9.86. The molecule has 0 bridgehead atoms. The number of rotatable bonds is 9. The van der Waals surface area contributed by atoms with E-state index in [1.54, 1.807) is 22.6 Å². The molecule has 0 spiro atoms. The van der Waals surface area contributed by atoms with Crippen LogP contribution in [-0.2, 0) is 20.7 Å². The van der Waals surface area contributed by atoms with Crippen LogP contribution in [0.3, 0.4) is 0 Å². The van der Waals surface area contributed by atoms with Crippen LogP contribution in [0.5, 0.6) is 0 Å². The summed E-state index contributed by atoms with van der Waals surface area (Å²) in [6.45, 7) is 8.64. The maximum absolute atomic E-state index is 13.3. The fraction of sp³-hybridized carbons (Fsp3) is 0.667. The molecule has 0 amide bonds. The summed E-state index contributed by atoms with van der Waals surface area (Å²) in [5.74, 6) is 0. The van der Waals surface area contributed by atoms with Gasteiger partial charge in [0, 0.05) is 3.58 Å². The molecule has 2 unspecified atom stereocenters. The van der Waals surface area contributed by atoms with E-state index in [0.29, 0.717) is 13.8 Å². The summed E-state index contributed by atoms with van der Waals surface area (Å²) in [5, 5.41) is 19.3. The largest absolute Gasteiger partial charge is 0.428 e.